The maximum Gasteiger partial charge on any atom is 0.261 e. The lowest BCUT2D eigenvalue weighted by molar-refractivity contribution is -0.131. The summed E-state index contributed by atoms with van der Waals surface area (Å²) < 4.78 is 34.3. The molecule has 3 amide bonds. The van der Waals surface area contributed by atoms with Gasteiger partial charge in [0.05, 0.1) is 16.0 Å². The van der Waals surface area contributed by atoms with E-state index in [0.717, 1.165) is 47.3 Å². The molecule has 2 heterocycles. The molecule has 1 atom stereocenters. The van der Waals surface area contributed by atoms with Gasteiger partial charge >= 0.3 is 0 Å². The van der Waals surface area contributed by atoms with Gasteiger partial charge in [0.15, 0.2) is 0 Å². The fraction of sp³-hybridized carbons (Fsp3) is 0.292. The van der Waals surface area contributed by atoms with Gasteiger partial charge < -0.3 is 4.42 Å². The number of benzene rings is 2. The Balaban J connectivity index is 1.35. The van der Waals surface area contributed by atoms with Crippen molar-refractivity contribution in [1.82, 2.24) is 15.1 Å². The first-order valence-corrected chi connectivity index (χ1v) is 12.7. The van der Waals surface area contributed by atoms with E-state index in [2.05, 4.69) is 4.72 Å². The summed E-state index contributed by atoms with van der Waals surface area (Å²) in [4.78, 5) is 38.3. The van der Waals surface area contributed by atoms with Crippen molar-refractivity contribution >= 4 is 38.7 Å². The Morgan fingerprint density at radius 2 is 1.74 bits per heavy atom. The van der Waals surface area contributed by atoms with E-state index in [9.17, 15) is 22.8 Å². The van der Waals surface area contributed by atoms with Crippen LogP contribution in [-0.2, 0) is 27.7 Å². The van der Waals surface area contributed by atoms with Crippen LogP contribution in [0.3, 0.4) is 0 Å². The van der Waals surface area contributed by atoms with Gasteiger partial charge in [-0.15, -0.1) is 0 Å². The highest BCUT2D eigenvalue weighted by atomic mass is 32.2. The highest BCUT2D eigenvalue weighted by molar-refractivity contribution is 7.89. The number of rotatable bonds is 7. The maximum absolute atomic E-state index is 13.1. The number of nitrogens with zero attached hydrogens (tertiary/aromatic N) is 1. The lowest BCUT2D eigenvalue weighted by Gasteiger charge is -2.20. The number of imide groups is 1. The molecule has 1 aliphatic heterocycles. The van der Waals surface area contributed by atoms with Crippen LogP contribution in [0.2, 0.25) is 0 Å². The van der Waals surface area contributed by atoms with Gasteiger partial charge in [0.2, 0.25) is 10.0 Å². The first-order chi connectivity index (χ1) is 16.8. The average molecular weight is 498 g/mol. The van der Waals surface area contributed by atoms with E-state index in [1.807, 2.05) is 0 Å². The first kappa shape index (κ1) is 23.2. The fourth-order valence-electron chi connectivity index (χ4n) is 4.69. The van der Waals surface area contributed by atoms with Crippen LogP contribution in [0.15, 0.2) is 51.8 Å². The van der Waals surface area contributed by atoms with Crippen LogP contribution < -0.4 is 10.2 Å². The summed E-state index contributed by atoms with van der Waals surface area (Å²) in [6.45, 7) is -0.225. The highest BCUT2D eigenvalue weighted by Gasteiger charge is 2.36. The number of fused-ring (bicyclic) bond motifs is 4. The number of furan rings is 1. The molecule has 2 aromatic carbocycles. The van der Waals surface area contributed by atoms with E-state index >= 15 is 0 Å². The average Bonchev–Trinajstić information content (AvgIpc) is 3.36. The van der Waals surface area contributed by atoms with Crippen LogP contribution in [0.4, 0.5) is 0 Å². The van der Waals surface area contributed by atoms with Gasteiger partial charge in [-0.05, 0) is 49.9 Å². The molecule has 3 N–H and O–H groups in total. The number of aryl methyl sites for hydroxylation is 2. The molecular formula is C24H23N3O7S. The summed E-state index contributed by atoms with van der Waals surface area (Å²) >= 11 is 0. The standard InChI is InChI=1S/C24H23N3O7S/c28-22(25-31)19(11-12-27-23(29)17-6-1-2-7-18(17)24(27)30)26-35(32,33)14-9-10-16-15-5-3-4-8-20(15)34-21(16)13-14/h1-2,6-7,9-10,13,19,26,31H,3-5,8,11-12H2,(H,25,28)/t19-/m0/s1. The van der Waals surface area contributed by atoms with Crippen LogP contribution >= 0.6 is 0 Å². The third-order valence-corrected chi connectivity index (χ3v) is 7.95. The van der Waals surface area contributed by atoms with Crippen molar-refractivity contribution in [3.05, 3.63) is 64.9 Å². The Hall–Kier alpha value is -3.54. The summed E-state index contributed by atoms with van der Waals surface area (Å²) in [7, 11) is -4.20. The van der Waals surface area contributed by atoms with Crippen LogP contribution in [0, 0.1) is 0 Å². The van der Waals surface area contributed by atoms with Gasteiger partial charge in [-0.2, -0.15) is 4.72 Å². The van der Waals surface area contributed by atoms with Crippen LogP contribution in [-0.4, -0.2) is 48.8 Å². The van der Waals surface area contributed by atoms with Crippen molar-refractivity contribution in [3.63, 3.8) is 0 Å². The number of hydroxylamine groups is 1. The van der Waals surface area contributed by atoms with Crippen molar-refractivity contribution < 1.29 is 32.4 Å². The molecule has 0 radical (unpaired) electrons. The predicted molar refractivity (Wildman–Crippen MR) is 123 cm³/mol. The van der Waals surface area contributed by atoms with Crippen molar-refractivity contribution in [2.75, 3.05) is 6.54 Å². The fourth-order valence-corrected chi connectivity index (χ4v) is 5.93. The maximum atomic E-state index is 13.1. The highest BCUT2D eigenvalue weighted by Crippen LogP contribution is 2.33. The number of hydrogen-bond acceptors (Lipinski definition) is 7. The predicted octanol–water partition coefficient (Wildman–Crippen LogP) is 2.15. The molecule has 0 saturated heterocycles. The quantitative estimate of drug-likeness (QED) is 0.258. The molecule has 1 aromatic heterocycles. The Kier molecular flexibility index (Phi) is 5.91. The van der Waals surface area contributed by atoms with Crippen molar-refractivity contribution in [2.45, 2.75) is 43.0 Å². The smallest absolute Gasteiger partial charge is 0.261 e. The van der Waals surface area contributed by atoms with Crippen LogP contribution in [0.5, 0.6) is 0 Å². The van der Waals surface area contributed by atoms with E-state index < -0.39 is 33.8 Å². The van der Waals surface area contributed by atoms with Gasteiger partial charge in [0.25, 0.3) is 17.7 Å². The zero-order valence-corrected chi connectivity index (χ0v) is 19.4. The lowest BCUT2D eigenvalue weighted by Crippen LogP contribution is -2.47. The Labute approximate surface area is 200 Å². The molecule has 0 spiro atoms. The molecule has 11 heteroatoms. The monoisotopic (exact) mass is 497 g/mol. The van der Waals surface area contributed by atoms with E-state index in [-0.39, 0.29) is 29.0 Å². The minimum Gasteiger partial charge on any atom is -0.461 e. The molecule has 5 rings (SSSR count). The summed E-state index contributed by atoms with van der Waals surface area (Å²) in [5.41, 5.74) is 3.49. The molecule has 3 aromatic rings. The van der Waals surface area contributed by atoms with E-state index in [1.54, 1.807) is 18.2 Å². The molecule has 35 heavy (non-hydrogen) atoms. The number of amides is 3. The summed E-state index contributed by atoms with van der Waals surface area (Å²) in [6.07, 6.45) is 3.51. The zero-order chi connectivity index (χ0) is 24.7. The van der Waals surface area contributed by atoms with Crippen LogP contribution in [0.1, 0.15) is 51.3 Å². The number of carbonyl (C=O) groups is 3. The second kappa shape index (κ2) is 8.91. The summed E-state index contributed by atoms with van der Waals surface area (Å²) in [5.74, 6) is -1.19. The van der Waals surface area contributed by atoms with E-state index in [4.69, 9.17) is 9.62 Å². The summed E-state index contributed by atoms with van der Waals surface area (Å²) in [5, 5.41) is 10.0. The Morgan fingerprint density at radius 3 is 2.43 bits per heavy atom. The normalized spacial score (nSPS) is 16.3. The SMILES string of the molecule is O=C(NO)[C@H](CCN1C(=O)c2ccccc2C1=O)NS(=O)(=O)c1ccc2c3c(oc2c1)CCCC3. The molecule has 0 bridgehead atoms. The first-order valence-electron chi connectivity index (χ1n) is 11.3. The van der Waals surface area contributed by atoms with Gasteiger partial charge in [-0.25, -0.2) is 13.9 Å². The topological polar surface area (TPSA) is 146 Å². The molecule has 0 saturated carbocycles. The molecular weight excluding hydrogens is 474 g/mol. The second-order valence-corrected chi connectivity index (χ2v) is 10.3. The zero-order valence-electron chi connectivity index (χ0n) is 18.6. The molecule has 0 fully saturated rings. The molecule has 182 valence electrons. The Morgan fingerprint density at radius 1 is 1.06 bits per heavy atom. The number of nitrogens with one attached hydrogen (secondary N) is 2. The Bertz CT molecular complexity index is 1430. The third-order valence-electron chi connectivity index (χ3n) is 6.48. The number of carbonyl (C=O) groups excluding carboxylic acids is 3. The third kappa shape index (κ3) is 4.11. The largest absolute Gasteiger partial charge is 0.461 e. The molecule has 0 unspecified atom stereocenters. The van der Waals surface area contributed by atoms with Gasteiger partial charge in [0.1, 0.15) is 17.4 Å². The summed E-state index contributed by atoms with van der Waals surface area (Å²) in [6, 6.07) is 9.43. The van der Waals surface area contributed by atoms with Crippen LogP contribution in [0.25, 0.3) is 11.0 Å². The molecule has 10 nitrogen and oxygen atoms in total. The second-order valence-electron chi connectivity index (χ2n) is 8.61. The number of hydrogen-bond donors (Lipinski definition) is 3. The van der Waals surface area contributed by atoms with Crippen molar-refractivity contribution in [2.24, 2.45) is 0 Å². The van der Waals surface area contributed by atoms with Gasteiger partial charge in [-0.1, -0.05) is 12.1 Å². The van der Waals surface area contributed by atoms with Gasteiger partial charge in [0, 0.05) is 30.0 Å². The van der Waals surface area contributed by atoms with E-state index in [0.29, 0.717) is 5.58 Å². The molecule has 1 aliphatic carbocycles. The number of sulfonamides is 1. The van der Waals surface area contributed by atoms with Crippen molar-refractivity contribution in [1.29, 1.82) is 0 Å². The van der Waals surface area contributed by atoms with Gasteiger partial charge in [-0.3, -0.25) is 24.5 Å². The van der Waals surface area contributed by atoms with E-state index in [1.165, 1.54) is 29.7 Å². The lowest BCUT2D eigenvalue weighted by atomic mass is 9.96. The van der Waals surface area contributed by atoms with Crippen molar-refractivity contribution in [3.8, 4) is 0 Å². The molecule has 2 aliphatic rings. The minimum atomic E-state index is -4.20. The minimum absolute atomic E-state index is 0.104.